The molecule has 2 amide bonds. The zero-order valence-electron chi connectivity index (χ0n) is 19.8. The third kappa shape index (κ3) is 5.87. The standard InChI is InChI=1S/C25H26F2N6O3/c1-16(2)17-4-3-9-33(14-17)31-25(35)30-20-5-6-22(24(27)23(20)26)36-19-7-8-28-21(12-19)18-13-29-32(15-18)10-11-34/h3-8,12-16,34H,9-11H2,1-2H3,(H2,30,31,35). The number of nitrogens with one attached hydrogen (secondary N) is 2. The summed E-state index contributed by atoms with van der Waals surface area (Å²) in [6.07, 6.45) is 10.4. The Hall–Kier alpha value is -4.25. The number of rotatable bonds is 8. The lowest BCUT2D eigenvalue weighted by Gasteiger charge is -2.25. The van der Waals surface area contributed by atoms with E-state index in [1.54, 1.807) is 34.4 Å². The smallest absolute Gasteiger partial charge is 0.338 e. The van der Waals surface area contributed by atoms with Gasteiger partial charge >= 0.3 is 6.03 Å². The highest BCUT2D eigenvalue weighted by atomic mass is 19.2. The van der Waals surface area contributed by atoms with Crippen molar-refractivity contribution in [2.45, 2.75) is 20.4 Å². The lowest BCUT2D eigenvalue weighted by Crippen LogP contribution is -2.42. The Morgan fingerprint density at radius 3 is 2.86 bits per heavy atom. The van der Waals surface area contributed by atoms with Gasteiger partial charge < -0.3 is 15.2 Å². The van der Waals surface area contributed by atoms with Gasteiger partial charge in [0.05, 0.1) is 37.3 Å². The van der Waals surface area contributed by atoms with Gasteiger partial charge in [0.15, 0.2) is 11.6 Å². The number of aliphatic hydroxyl groups excluding tert-OH is 1. The number of hydrogen-bond donors (Lipinski definition) is 3. The van der Waals surface area contributed by atoms with Crippen molar-refractivity contribution in [3.05, 3.63) is 78.4 Å². The van der Waals surface area contributed by atoms with Crippen LogP contribution in [0.25, 0.3) is 11.3 Å². The number of aromatic nitrogens is 3. The summed E-state index contributed by atoms with van der Waals surface area (Å²) in [7, 11) is 0. The topological polar surface area (TPSA) is 105 Å². The van der Waals surface area contributed by atoms with Gasteiger partial charge in [0.2, 0.25) is 5.82 Å². The van der Waals surface area contributed by atoms with E-state index in [2.05, 4.69) is 20.8 Å². The third-order valence-electron chi connectivity index (χ3n) is 5.34. The predicted molar refractivity (Wildman–Crippen MR) is 130 cm³/mol. The van der Waals surface area contributed by atoms with Crippen molar-refractivity contribution in [1.82, 2.24) is 25.2 Å². The number of carbonyl (C=O) groups is 1. The summed E-state index contributed by atoms with van der Waals surface area (Å²) in [5.41, 5.74) is 4.47. The predicted octanol–water partition coefficient (Wildman–Crippen LogP) is 4.46. The summed E-state index contributed by atoms with van der Waals surface area (Å²) in [4.78, 5) is 16.6. The van der Waals surface area contributed by atoms with Gasteiger partial charge in [0.25, 0.3) is 0 Å². The fraction of sp³-hybridized carbons (Fsp3) is 0.240. The van der Waals surface area contributed by atoms with Crippen LogP contribution in [-0.4, -0.2) is 44.1 Å². The van der Waals surface area contributed by atoms with Crippen molar-refractivity contribution in [3.8, 4) is 22.8 Å². The largest absolute Gasteiger partial charge is 0.454 e. The number of ether oxygens (including phenoxy) is 1. The van der Waals surface area contributed by atoms with E-state index >= 15 is 0 Å². The first-order valence-corrected chi connectivity index (χ1v) is 11.3. The molecule has 9 nitrogen and oxygen atoms in total. The lowest BCUT2D eigenvalue weighted by molar-refractivity contribution is 0.225. The van der Waals surface area contributed by atoms with E-state index in [1.165, 1.54) is 24.4 Å². The van der Waals surface area contributed by atoms with Gasteiger partial charge in [0, 0.05) is 30.2 Å². The van der Waals surface area contributed by atoms with Gasteiger partial charge in [0.1, 0.15) is 5.75 Å². The number of halogens is 2. The molecule has 1 aromatic carbocycles. The molecule has 0 bridgehead atoms. The van der Waals surface area contributed by atoms with Crippen LogP contribution in [0.1, 0.15) is 13.8 Å². The van der Waals surface area contributed by atoms with Crippen LogP contribution < -0.4 is 15.5 Å². The minimum atomic E-state index is -1.25. The number of amides is 2. The molecular weight excluding hydrogens is 470 g/mol. The maximum atomic E-state index is 14.8. The van der Waals surface area contributed by atoms with Crippen LogP contribution in [0.2, 0.25) is 0 Å². The number of nitrogens with zero attached hydrogens (tertiary/aromatic N) is 4. The van der Waals surface area contributed by atoms with Gasteiger partial charge in [-0.05, 0) is 29.7 Å². The molecule has 0 aliphatic carbocycles. The quantitative estimate of drug-likeness (QED) is 0.426. The summed E-state index contributed by atoms with van der Waals surface area (Å²) in [5.74, 6) is -2.34. The Balaban J connectivity index is 1.43. The summed E-state index contributed by atoms with van der Waals surface area (Å²) >= 11 is 0. The molecule has 2 aromatic heterocycles. The minimum absolute atomic E-state index is 0.0548. The summed E-state index contributed by atoms with van der Waals surface area (Å²) in [6.45, 7) is 4.79. The summed E-state index contributed by atoms with van der Waals surface area (Å²) in [6, 6.07) is 4.80. The maximum Gasteiger partial charge on any atom is 0.338 e. The van der Waals surface area contributed by atoms with Crippen molar-refractivity contribution < 1.29 is 23.4 Å². The third-order valence-corrected chi connectivity index (χ3v) is 5.34. The van der Waals surface area contributed by atoms with Crippen LogP contribution in [0.5, 0.6) is 11.5 Å². The van der Waals surface area contributed by atoms with Crippen molar-refractivity contribution in [2.24, 2.45) is 5.92 Å². The monoisotopic (exact) mass is 496 g/mol. The molecule has 1 aliphatic heterocycles. The molecule has 36 heavy (non-hydrogen) atoms. The molecule has 0 saturated carbocycles. The molecule has 3 heterocycles. The second-order valence-corrected chi connectivity index (χ2v) is 8.34. The number of aliphatic hydroxyl groups is 1. The maximum absolute atomic E-state index is 14.8. The first-order chi connectivity index (χ1) is 17.3. The molecule has 4 rings (SSSR count). The van der Waals surface area contributed by atoms with Gasteiger partial charge in [-0.3, -0.25) is 14.7 Å². The molecular formula is C25H26F2N6O3. The zero-order valence-corrected chi connectivity index (χ0v) is 19.8. The highest BCUT2D eigenvalue weighted by Gasteiger charge is 2.18. The molecule has 0 radical (unpaired) electrons. The molecule has 3 aromatic rings. The normalized spacial score (nSPS) is 13.1. The van der Waals surface area contributed by atoms with Gasteiger partial charge in [-0.1, -0.05) is 26.0 Å². The number of benzene rings is 1. The Bertz CT molecular complexity index is 1300. The fourth-order valence-electron chi connectivity index (χ4n) is 3.47. The number of carbonyl (C=O) groups excluding carboxylic acids is 1. The van der Waals surface area contributed by atoms with E-state index in [1.807, 2.05) is 26.0 Å². The molecule has 0 atom stereocenters. The summed E-state index contributed by atoms with van der Waals surface area (Å²) in [5, 5.41) is 17.0. The number of hydrogen-bond acceptors (Lipinski definition) is 6. The van der Waals surface area contributed by atoms with Crippen LogP contribution in [-0.2, 0) is 6.54 Å². The van der Waals surface area contributed by atoms with E-state index in [0.29, 0.717) is 24.3 Å². The highest BCUT2D eigenvalue weighted by Crippen LogP contribution is 2.31. The Labute approximate surface area is 206 Å². The molecule has 11 heteroatoms. The number of urea groups is 1. The average Bonchev–Trinajstić information content (AvgIpc) is 3.33. The first kappa shape index (κ1) is 24.9. The van der Waals surface area contributed by atoms with E-state index in [4.69, 9.17) is 9.84 Å². The first-order valence-electron chi connectivity index (χ1n) is 11.3. The van der Waals surface area contributed by atoms with E-state index in [0.717, 1.165) is 5.57 Å². The van der Waals surface area contributed by atoms with Crippen LogP contribution in [0.15, 0.2) is 66.8 Å². The average molecular weight is 497 g/mol. The minimum Gasteiger partial charge on any atom is -0.454 e. The molecule has 0 spiro atoms. The van der Waals surface area contributed by atoms with E-state index < -0.39 is 17.7 Å². The Kier molecular flexibility index (Phi) is 7.59. The Morgan fingerprint density at radius 1 is 1.25 bits per heavy atom. The van der Waals surface area contributed by atoms with Crippen LogP contribution in [0.4, 0.5) is 19.3 Å². The van der Waals surface area contributed by atoms with Crippen LogP contribution >= 0.6 is 0 Å². The van der Waals surface area contributed by atoms with Crippen molar-refractivity contribution in [1.29, 1.82) is 0 Å². The molecule has 3 N–H and O–H groups in total. The van der Waals surface area contributed by atoms with Crippen molar-refractivity contribution in [3.63, 3.8) is 0 Å². The van der Waals surface area contributed by atoms with Gasteiger partial charge in [-0.25, -0.2) is 14.6 Å². The molecule has 1 aliphatic rings. The van der Waals surface area contributed by atoms with E-state index in [-0.39, 0.29) is 29.7 Å². The molecule has 188 valence electrons. The second kappa shape index (κ2) is 11.0. The van der Waals surface area contributed by atoms with Gasteiger partial charge in [-0.2, -0.15) is 9.49 Å². The molecule has 0 saturated heterocycles. The lowest BCUT2D eigenvalue weighted by atomic mass is 10.0. The zero-order chi connectivity index (χ0) is 25.7. The van der Waals surface area contributed by atoms with Crippen molar-refractivity contribution >= 4 is 11.7 Å². The number of hydrazine groups is 1. The number of pyridine rings is 1. The van der Waals surface area contributed by atoms with Crippen molar-refractivity contribution in [2.75, 3.05) is 18.5 Å². The fourth-order valence-corrected chi connectivity index (χ4v) is 3.47. The van der Waals surface area contributed by atoms with E-state index in [9.17, 15) is 13.6 Å². The highest BCUT2D eigenvalue weighted by molar-refractivity contribution is 5.89. The molecule has 0 unspecified atom stereocenters. The summed E-state index contributed by atoms with van der Waals surface area (Å²) < 4.78 is 36.6. The van der Waals surface area contributed by atoms with Gasteiger partial charge in [-0.15, -0.1) is 0 Å². The number of allylic oxidation sites excluding steroid dienone is 2. The van der Waals surface area contributed by atoms with Crippen LogP contribution in [0.3, 0.4) is 0 Å². The number of anilines is 1. The Morgan fingerprint density at radius 2 is 2.08 bits per heavy atom. The van der Waals surface area contributed by atoms with Crippen LogP contribution in [0, 0.1) is 17.6 Å². The second-order valence-electron chi connectivity index (χ2n) is 8.34. The SMILES string of the molecule is CC(C)C1=CN(NC(=O)Nc2ccc(Oc3ccnc(-c4cnn(CCO)c4)c3)c(F)c2F)CC=C1. The molecule has 0 fully saturated rings.